The van der Waals surface area contributed by atoms with Crippen LogP contribution in [0.5, 0.6) is 0 Å². The van der Waals surface area contributed by atoms with Crippen LogP contribution in [0.25, 0.3) is 0 Å². The first-order valence-electron chi connectivity index (χ1n) is 6.40. The number of rotatable bonds is 6. The van der Waals surface area contributed by atoms with E-state index in [1.165, 1.54) is 0 Å². The monoisotopic (exact) mass is 269 g/mol. The molecule has 0 radical (unpaired) electrons. The summed E-state index contributed by atoms with van der Waals surface area (Å²) in [6, 6.07) is 0.386. The van der Waals surface area contributed by atoms with Crippen LogP contribution in [-0.2, 0) is 0 Å². The molecule has 2 rings (SSSR count). The van der Waals surface area contributed by atoms with E-state index in [1.54, 1.807) is 17.0 Å². The summed E-state index contributed by atoms with van der Waals surface area (Å²) in [4.78, 5) is 16.3. The Balaban J connectivity index is 2.05. The molecule has 18 heavy (non-hydrogen) atoms. The van der Waals surface area contributed by atoms with Gasteiger partial charge in [-0.1, -0.05) is 13.8 Å². The van der Waals surface area contributed by atoms with E-state index in [4.69, 9.17) is 11.6 Å². The van der Waals surface area contributed by atoms with E-state index in [-0.39, 0.29) is 11.0 Å². The van der Waals surface area contributed by atoms with Gasteiger partial charge in [-0.05, 0) is 24.7 Å². The molecule has 1 aliphatic rings. The first kappa shape index (κ1) is 13.4. The summed E-state index contributed by atoms with van der Waals surface area (Å²) in [7, 11) is 0. The second-order valence-corrected chi connectivity index (χ2v) is 6.05. The Bertz CT molecular complexity index is 466. The molecule has 0 aliphatic heterocycles. The molecule has 0 aromatic carbocycles. The van der Waals surface area contributed by atoms with Crippen molar-refractivity contribution < 1.29 is 0 Å². The quantitative estimate of drug-likeness (QED) is 0.808. The lowest BCUT2D eigenvalue weighted by Gasteiger charge is -2.23. The molecule has 100 valence electrons. The molecule has 0 spiro atoms. The summed E-state index contributed by atoms with van der Waals surface area (Å²) in [6.45, 7) is 4.96. The zero-order valence-corrected chi connectivity index (χ0v) is 11.7. The van der Waals surface area contributed by atoms with Crippen LogP contribution >= 0.6 is 11.6 Å². The summed E-state index contributed by atoms with van der Waals surface area (Å²) >= 11 is 5.76. The fourth-order valence-corrected chi connectivity index (χ4v) is 2.37. The Kier molecular flexibility index (Phi) is 3.95. The van der Waals surface area contributed by atoms with E-state index in [1.807, 2.05) is 0 Å². The van der Waals surface area contributed by atoms with Gasteiger partial charge in [-0.3, -0.25) is 4.79 Å². The number of halogens is 1. The summed E-state index contributed by atoms with van der Waals surface area (Å²) in [5.74, 6) is 1.08. The zero-order chi connectivity index (χ0) is 13.2. The second kappa shape index (κ2) is 5.31. The third-order valence-corrected chi connectivity index (χ3v) is 3.50. The Morgan fingerprint density at radius 2 is 2.28 bits per heavy atom. The topological polar surface area (TPSA) is 46.9 Å². The predicted octanol–water partition coefficient (Wildman–Crippen LogP) is 2.65. The fourth-order valence-electron chi connectivity index (χ4n) is 1.85. The minimum Gasteiger partial charge on any atom is -0.365 e. The van der Waals surface area contributed by atoms with Crippen molar-refractivity contribution in [1.29, 1.82) is 0 Å². The SMILES string of the molecule is CC(C)(CCCl)CNc1nccn(C2CC2)c1=O. The molecule has 1 aromatic heterocycles. The Morgan fingerprint density at radius 1 is 1.56 bits per heavy atom. The maximum Gasteiger partial charge on any atom is 0.293 e. The number of nitrogens with one attached hydrogen (secondary N) is 1. The van der Waals surface area contributed by atoms with Gasteiger partial charge in [0, 0.05) is 30.9 Å². The van der Waals surface area contributed by atoms with Gasteiger partial charge in [0.05, 0.1) is 0 Å². The third kappa shape index (κ3) is 3.25. The molecule has 5 heteroatoms. The summed E-state index contributed by atoms with van der Waals surface area (Å²) in [5.41, 5.74) is 0.0533. The van der Waals surface area contributed by atoms with Gasteiger partial charge >= 0.3 is 0 Å². The highest BCUT2D eigenvalue weighted by Crippen LogP contribution is 2.33. The normalized spacial score (nSPS) is 15.7. The van der Waals surface area contributed by atoms with Crippen LogP contribution in [0.2, 0.25) is 0 Å². The molecule has 0 atom stereocenters. The molecule has 0 unspecified atom stereocenters. The fraction of sp³-hybridized carbons (Fsp3) is 0.692. The highest BCUT2D eigenvalue weighted by molar-refractivity contribution is 6.17. The average Bonchev–Trinajstić information content (AvgIpc) is 3.12. The maximum atomic E-state index is 12.1. The number of alkyl halides is 1. The first-order chi connectivity index (χ1) is 8.53. The van der Waals surface area contributed by atoms with Crippen LogP contribution in [0.1, 0.15) is 39.2 Å². The Labute approximate surface area is 112 Å². The van der Waals surface area contributed by atoms with E-state index in [9.17, 15) is 4.79 Å². The van der Waals surface area contributed by atoms with E-state index in [0.717, 1.165) is 19.3 Å². The molecular weight excluding hydrogens is 250 g/mol. The number of anilines is 1. The van der Waals surface area contributed by atoms with Crippen molar-refractivity contribution in [2.45, 2.75) is 39.2 Å². The van der Waals surface area contributed by atoms with Crippen molar-refractivity contribution in [3.8, 4) is 0 Å². The van der Waals surface area contributed by atoms with Gasteiger partial charge in [-0.2, -0.15) is 0 Å². The van der Waals surface area contributed by atoms with Crippen LogP contribution in [0.15, 0.2) is 17.2 Å². The van der Waals surface area contributed by atoms with Crippen molar-refractivity contribution >= 4 is 17.4 Å². The lowest BCUT2D eigenvalue weighted by molar-refractivity contribution is 0.378. The van der Waals surface area contributed by atoms with Gasteiger partial charge in [-0.25, -0.2) is 4.98 Å². The predicted molar refractivity (Wildman–Crippen MR) is 74.4 cm³/mol. The number of hydrogen-bond donors (Lipinski definition) is 1. The molecule has 1 fully saturated rings. The van der Waals surface area contributed by atoms with Gasteiger partial charge < -0.3 is 9.88 Å². The average molecular weight is 270 g/mol. The zero-order valence-electron chi connectivity index (χ0n) is 10.9. The molecule has 0 saturated heterocycles. The Morgan fingerprint density at radius 3 is 2.89 bits per heavy atom. The van der Waals surface area contributed by atoms with E-state index in [2.05, 4.69) is 24.1 Å². The molecule has 1 heterocycles. The molecule has 1 N–H and O–H groups in total. The standard InChI is InChI=1S/C13H20ClN3O/c1-13(2,5-6-14)9-16-11-12(18)17(8-7-15-11)10-3-4-10/h7-8,10H,3-6,9H2,1-2H3,(H,15,16). The largest absolute Gasteiger partial charge is 0.365 e. The van der Waals surface area contributed by atoms with E-state index < -0.39 is 0 Å². The van der Waals surface area contributed by atoms with Crippen LogP contribution in [-0.4, -0.2) is 22.0 Å². The van der Waals surface area contributed by atoms with Gasteiger partial charge in [0.25, 0.3) is 5.56 Å². The number of nitrogens with zero attached hydrogens (tertiary/aromatic N) is 2. The van der Waals surface area contributed by atoms with Crippen LogP contribution < -0.4 is 10.9 Å². The molecular formula is C13H20ClN3O. The molecule has 0 bridgehead atoms. The van der Waals surface area contributed by atoms with Crippen LogP contribution in [0.4, 0.5) is 5.82 Å². The van der Waals surface area contributed by atoms with Gasteiger partial charge in [0.1, 0.15) is 0 Å². The van der Waals surface area contributed by atoms with Gasteiger partial charge in [-0.15, -0.1) is 11.6 Å². The van der Waals surface area contributed by atoms with Crippen molar-refractivity contribution in [3.05, 3.63) is 22.7 Å². The summed E-state index contributed by atoms with van der Waals surface area (Å²) < 4.78 is 1.78. The highest BCUT2D eigenvalue weighted by Gasteiger charge is 2.25. The number of hydrogen-bond acceptors (Lipinski definition) is 3. The van der Waals surface area contributed by atoms with Crippen molar-refractivity contribution in [1.82, 2.24) is 9.55 Å². The van der Waals surface area contributed by atoms with Crippen LogP contribution in [0, 0.1) is 5.41 Å². The molecule has 4 nitrogen and oxygen atoms in total. The van der Waals surface area contributed by atoms with E-state index >= 15 is 0 Å². The van der Waals surface area contributed by atoms with Crippen molar-refractivity contribution in [2.75, 3.05) is 17.7 Å². The first-order valence-corrected chi connectivity index (χ1v) is 6.94. The summed E-state index contributed by atoms with van der Waals surface area (Å²) in [6.07, 6.45) is 6.57. The summed E-state index contributed by atoms with van der Waals surface area (Å²) in [5, 5.41) is 3.16. The maximum absolute atomic E-state index is 12.1. The number of aromatic nitrogens is 2. The van der Waals surface area contributed by atoms with Crippen molar-refractivity contribution in [2.24, 2.45) is 5.41 Å². The molecule has 0 amide bonds. The molecule has 1 saturated carbocycles. The van der Waals surface area contributed by atoms with Gasteiger partial charge in [0.15, 0.2) is 5.82 Å². The molecule has 1 aromatic rings. The lowest BCUT2D eigenvalue weighted by atomic mass is 9.90. The van der Waals surface area contributed by atoms with Crippen LogP contribution in [0.3, 0.4) is 0 Å². The third-order valence-electron chi connectivity index (χ3n) is 3.31. The smallest absolute Gasteiger partial charge is 0.293 e. The van der Waals surface area contributed by atoms with Gasteiger partial charge in [0.2, 0.25) is 0 Å². The second-order valence-electron chi connectivity index (χ2n) is 5.68. The van der Waals surface area contributed by atoms with Crippen molar-refractivity contribution in [3.63, 3.8) is 0 Å². The van der Waals surface area contributed by atoms with E-state index in [0.29, 0.717) is 24.3 Å². The highest BCUT2D eigenvalue weighted by atomic mass is 35.5. The minimum absolute atomic E-state index is 0.0123. The lowest BCUT2D eigenvalue weighted by Crippen LogP contribution is -2.29. The minimum atomic E-state index is -0.0123. The Hall–Kier alpha value is -1.03. The molecule has 1 aliphatic carbocycles.